The third kappa shape index (κ3) is 19.8. The van der Waals surface area contributed by atoms with Crippen LogP contribution in [0.3, 0.4) is 0 Å². The smallest absolute Gasteiger partial charge is 0.544 e. The van der Waals surface area contributed by atoms with Gasteiger partial charge in [-0.3, -0.25) is 0 Å². The van der Waals surface area contributed by atoms with Crippen molar-refractivity contribution in [2.75, 3.05) is 0 Å². The first kappa shape index (κ1) is 15.7. The first-order valence-electron chi connectivity index (χ1n) is 0.309. The van der Waals surface area contributed by atoms with Crippen molar-refractivity contribution in [2.45, 2.75) is 0 Å². The molecule has 0 aromatic heterocycles. The summed E-state index contributed by atoms with van der Waals surface area (Å²) in [6, 6.07) is 0. The van der Waals surface area contributed by atoms with Crippen LogP contribution in [0.25, 0.3) is 0 Å². The van der Waals surface area contributed by atoms with Crippen molar-refractivity contribution in [1.82, 2.24) is 0 Å². The molecule has 0 bridgehead atoms. The molecule has 0 aliphatic heterocycles. The van der Waals surface area contributed by atoms with Crippen molar-refractivity contribution in [3.05, 3.63) is 0 Å². The molecule has 0 spiro atoms. The Kier molecular flexibility index (Phi) is 49.5. The van der Waals surface area contributed by atoms with Gasteiger partial charge in [0.1, 0.15) is 0 Å². The largest absolute Gasteiger partial charge is 1.00 e. The van der Waals surface area contributed by atoms with Gasteiger partial charge in [-0.05, 0) is 0 Å². The predicted molar refractivity (Wildman–Crippen MR) is 0 cm³/mol. The molecule has 20 valence electrons. The minimum atomic E-state index is -0.417. The molecule has 0 heterocycles. The molecule has 5 heavy (non-hydrogen) atoms. The maximum absolute atomic E-state index is 8.24. The minimum Gasteiger partial charge on any atom is -0.544 e. The van der Waals surface area contributed by atoms with Gasteiger partial charge in [0.05, 0.1) is 11.3 Å². The molecule has 0 aromatic rings. The normalized spacial score (nSPS) is 3.60. The Morgan fingerprint density at radius 3 is 1.20 bits per heavy atom. The Morgan fingerprint density at radius 1 is 1.20 bits per heavy atom. The fraction of sp³-hybridized carbons (Fsp3) is 0. The molecule has 0 rings (SSSR count). The van der Waals surface area contributed by atoms with Gasteiger partial charge in [-0.2, -0.15) is 0 Å². The molecule has 0 radical (unpaired) electrons. The molecule has 0 atom stereocenters. The summed E-state index contributed by atoms with van der Waals surface area (Å²) in [7, 11) is 0. The van der Waals surface area contributed by atoms with Gasteiger partial charge in [0.15, 0.2) is 0 Å². The molecule has 0 amide bonds. The monoisotopic (exact) mass is 129 g/mol. The van der Waals surface area contributed by atoms with Crippen LogP contribution in [0.15, 0.2) is 0 Å². The molecule has 0 saturated heterocycles. The van der Waals surface area contributed by atoms with E-state index in [9.17, 15) is 0 Å². The molecule has 0 unspecified atom stereocenters. The SMILES string of the molecule is [K+].[Na+].[O-][Cl+][O-]. The Balaban J connectivity index is -0.0000000200. The van der Waals surface area contributed by atoms with Crippen LogP contribution in [0, 0.1) is 11.3 Å². The maximum atomic E-state index is 8.24. The molecular weight excluding hydrogens is 130 g/mol. The molecule has 2 nitrogen and oxygen atoms in total. The van der Waals surface area contributed by atoms with Crippen LogP contribution in [-0.2, 0) is 0 Å². The van der Waals surface area contributed by atoms with Gasteiger partial charge in [0.25, 0.3) is 0 Å². The van der Waals surface area contributed by atoms with E-state index in [1.807, 2.05) is 0 Å². The van der Waals surface area contributed by atoms with Crippen LogP contribution < -0.4 is 90.3 Å². The van der Waals surface area contributed by atoms with Gasteiger partial charge in [0, 0.05) is 0 Å². The summed E-state index contributed by atoms with van der Waals surface area (Å²) in [5.41, 5.74) is 0. The van der Waals surface area contributed by atoms with E-state index in [2.05, 4.69) is 0 Å². The Bertz CT molecular complexity index is 9.61. The van der Waals surface area contributed by atoms with E-state index < -0.39 is 11.3 Å². The topological polar surface area (TPSA) is 46.1 Å². The first-order chi connectivity index (χ1) is 1.41. The van der Waals surface area contributed by atoms with E-state index in [1.54, 1.807) is 0 Å². The zero-order chi connectivity index (χ0) is 2.71. The number of hydrogen-bond donors (Lipinski definition) is 0. The van der Waals surface area contributed by atoms with E-state index in [0.29, 0.717) is 0 Å². The standard InChI is InChI=1S/ClO2.K.Na/c2-1-3;;/q-1;2*+1. The van der Waals surface area contributed by atoms with Crippen molar-refractivity contribution in [1.29, 1.82) is 0 Å². The third-order valence-electron chi connectivity index (χ3n) is 0. The molecule has 0 N–H and O–H groups in total. The van der Waals surface area contributed by atoms with Crippen molar-refractivity contribution in [2.24, 2.45) is 0 Å². The van der Waals surface area contributed by atoms with Crippen molar-refractivity contribution >= 4 is 0 Å². The summed E-state index contributed by atoms with van der Waals surface area (Å²) in [5.74, 6) is 0. The van der Waals surface area contributed by atoms with Crippen LogP contribution in [-0.4, -0.2) is 0 Å². The van der Waals surface area contributed by atoms with E-state index >= 15 is 0 Å². The summed E-state index contributed by atoms with van der Waals surface area (Å²) in [6.45, 7) is 0. The van der Waals surface area contributed by atoms with Crippen LogP contribution in [0.1, 0.15) is 0 Å². The Labute approximate surface area is 99.1 Å². The van der Waals surface area contributed by atoms with Gasteiger partial charge < -0.3 is 9.32 Å². The molecule has 0 aliphatic carbocycles. The number of hydrogen-bond acceptors (Lipinski definition) is 2. The summed E-state index contributed by atoms with van der Waals surface area (Å²) in [4.78, 5) is 0. The van der Waals surface area contributed by atoms with Crippen molar-refractivity contribution in [3.63, 3.8) is 0 Å². The third-order valence-corrected chi connectivity index (χ3v) is 0. The van der Waals surface area contributed by atoms with Gasteiger partial charge in [-0.1, -0.05) is 0 Å². The fourth-order valence-electron chi connectivity index (χ4n) is 0. The van der Waals surface area contributed by atoms with Crippen LogP contribution in [0.5, 0.6) is 0 Å². The van der Waals surface area contributed by atoms with Gasteiger partial charge in [-0.25, -0.2) is 0 Å². The molecule has 5 heteroatoms. The zero-order valence-electron chi connectivity index (χ0n) is 3.19. The zero-order valence-corrected chi connectivity index (χ0v) is 9.07. The summed E-state index contributed by atoms with van der Waals surface area (Å²) < 4.78 is 16.5. The quantitative estimate of drug-likeness (QED) is 0.305. The summed E-state index contributed by atoms with van der Waals surface area (Å²) >= 11 is -0.417. The number of rotatable bonds is 0. The number of halogens is 1. The fourth-order valence-corrected chi connectivity index (χ4v) is 0. The summed E-state index contributed by atoms with van der Waals surface area (Å²) in [6.07, 6.45) is 0. The van der Waals surface area contributed by atoms with E-state index in [1.165, 1.54) is 0 Å². The van der Waals surface area contributed by atoms with Crippen LogP contribution in [0.2, 0.25) is 0 Å². The second-order valence-electron chi connectivity index (χ2n) is 0.0630. The second-order valence-corrected chi connectivity index (χ2v) is 0.189. The second kappa shape index (κ2) is 15.8. The predicted octanol–water partition coefficient (Wildman–Crippen LogP) is -8.37. The molecular formula is ClKNaO2+. The average molecular weight is 130 g/mol. The maximum Gasteiger partial charge on any atom is 1.00 e. The molecule has 0 fully saturated rings. The molecule has 0 aliphatic rings. The van der Waals surface area contributed by atoms with Crippen molar-refractivity contribution in [3.8, 4) is 0 Å². The summed E-state index contributed by atoms with van der Waals surface area (Å²) in [5, 5.41) is 0. The van der Waals surface area contributed by atoms with E-state index in [4.69, 9.17) is 9.32 Å². The Morgan fingerprint density at radius 2 is 1.20 bits per heavy atom. The van der Waals surface area contributed by atoms with Crippen LogP contribution >= 0.6 is 0 Å². The molecule has 0 saturated carbocycles. The van der Waals surface area contributed by atoms with Gasteiger partial charge >= 0.3 is 80.9 Å². The first-order valence-corrected chi connectivity index (χ1v) is 0.926. The average Bonchev–Trinajstić information content (AvgIpc) is 0.918. The molecule has 0 aromatic carbocycles. The van der Waals surface area contributed by atoms with Gasteiger partial charge in [0.2, 0.25) is 0 Å². The van der Waals surface area contributed by atoms with E-state index in [-0.39, 0.29) is 80.9 Å². The van der Waals surface area contributed by atoms with Crippen molar-refractivity contribution < 1.29 is 102 Å². The van der Waals surface area contributed by atoms with Crippen LogP contribution in [0.4, 0.5) is 0 Å². The Hall–Kier alpha value is 2.85. The minimum absolute atomic E-state index is 0. The van der Waals surface area contributed by atoms with Gasteiger partial charge in [-0.15, -0.1) is 0 Å². The van der Waals surface area contributed by atoms with E-state index in [0.717, 1.165) is 0 Å².